The second-order valence-electron chi connectivity index (χ2n) is 4.67. The maximum atomic E-state index is 13.2. The SMILES string of the molecule is CCC(C)N(CC(=O)O)C(C)c1ccc(F)c(F)c1. The van der Waals surface area contributed by atoms with Crippen LogP contribution in [0.3, 0.4) is 0 Å². The molecule has 19 heavy (non-hydrogen) atoms. The average Bonchev–Trinajstić information content (AvgIpc) is 2.37. The predicted octanol–water partition coefficient (Wildman–Crippen LogP) is 3.21. The molecule has 0 aliphatic heterocycles. The first-order chi connectivity index (χ1) is 8.86. The Morgan fingerprint density at radius 3 is 2.42 bits per heavy atom. The summed E-state index contributed by atoms with van der Waals surface area (Å²) in [6.45, 7) is 5.54. The number of carboxylic acid groups (broad SMARTS) is 1. The predicted molar refractivity (Wildman–Crippen MR) is 68.9 cm³/mol. The molecule has 0 saturated carbocycles. The molecular weight excluding hydrogens is 252 g/mol. The molecule has 0 saturated heterocycles. The van der Waals surface area contributed by atoms with Crippen molar-refractivity contribution in [3.05, 3.63) is 35.4 Å². The van der Waals surface area contributed by atoms with Crippen LogP contribution in [-0.2, 0) is 4.79 Å². The van der Waals surface area contributed by atoms with Crippen LogP contribution in [-0.4, -0.2) is 28.6 Å². The maximum Gasteiger partial charge on any atom is 0.317 e. The maximum absolute atomic E-state index is 13.2. The van der Waals surface area contributed by atoms with E-state index in [2.05, 4.69) is 0 Å². The Kier molecular flexibility index (Phi) is 5.42. The fourth-order valence-corrected chi connectivity index (χ4v) is 2.03. The molecular formula is C14H19F2NO2. The Labute approximate surface area is 111 Å². The summed E-state index contributed by atoms with van der Waals surface area (Å²) in [5.74, 6) is -2.75. The second kappa shape index (κ2) is 6.61. The van der Waals surface area contributed by atoms with E-state index in [9.17, 15) is 13.6 Å². The number of carboxylic acids is 1. The quantitative estimate of drug-likeness (QED) is 0.863. The van der Waals surface area contributed by atoms with Gasteiger partial charge in [-0.15, -0.1) is 0 Å². The van der Waals surface area contributed by atoms with Crippen molar-refractivity contribution in [1.82, 2.24) is 4.90 Å². The van der Waals surface area contributed by atoms with E-state index in [0.717, 1.165) is 18.6 Å². The lowest BCUT2D eigenvalue weighted by molar-refractivity contribution is -0.139. The van der Waals surface area contributed by atoms with Gasteiger partial charge in [0.2, 0.25) is 0 Å². The number of halogens is 2. The van der Waals surface area contributed by atoms with Gasteiger partial charge < -0.3 is 5.11 Å². The Morgan fingerprint density at radius 1 is 1.32 bits per heavy atom. The van der Waals surface area contributed by atoms with Crippen LogP contribution < -0.4 is 0 Å². The second-order valence-corrected chi connectivity index (χ2v) is 4.67. The summed E-state index contributed by atoms with van der Waals surface area (Å²) in [7, 11) is 0. The Hall–Kier alpha value is -1.49. The molecule has 2 atom stereocenters. The average molecular weight is 271 g/mol. The Morgan fingerprint density at radius 2 is 1.95 bits per heavy atom. The zero-order chi connectivity index (χ0) is 14.6. The van der Waals surface area contributed by atoms with E-state index in [4.69, 9.17) is 5.11 Å². The molecule has 0 aliphatic carbocycles. The number of rotatable bonds is 6. The van der Waals surface area contributed by atoms with Gasteiger partial charge in [-0.2, -0.15) is 0 Å². The third kappa shape index (κ3) is 3.99. The number of hydrogen-bond acceptors (Lipinski definition) is 2. The third-order valence-electron chi connectivity index (χ3n) is 3.40. The number of hydrogen-bond donors (Lipinski definition) is 1. The fraction of sp³-hybridized carbons (Fsp3) is 0.500. The van der Waals surface area contributed by atoms with E-state index in [1.165, 1.54) is 6.07 Å². The van der Waals surface area contributed by atoms with Crippen LogP contribution in [0.15, 0.2) is 18.2 Å². The van der Waals surface area contributed by atoms with Crippen LogP contribution in [0.4, 0.5) is 8.78 Å². The molecule has 1 N–H and O–H groups in total. The molecule has 1 rings (SSSR count). The van der Waals surface area contributed by atoms with Crippen LogP contribution in [0.25, 0.3) is 0 Å². The summed E-state index contributed by atoms with van der Waals surface area (Å²) in [5.41, 5.74) is 0.570. The smallest absolute Gasteiger partial charge is 0.317 e. The molecule has 0 heterocycles. The van der Waals surface area contributed by atoms with Gasteiger partial charge >= 0.3 is 5.97 Å². The van der Waals surface area contributed by atoms with Gasteiger partial charge in [0.25, 0.3) is 0 Å². The van der Waals surface area contributed by atoms with Crippen molar-refractivity contribution < 1.29 is 18.7 Å². The zero-order valence-electron chi connectivity index (χ0n) is 11.4. The minimum atomic E-state index is -0.935. The Bertz CT molecular complexity index is 451. The monoisotopic (exact) mass is 271 g/mol. The standard InChI is InChI=1S/C14H19F2NO2/c1-4-9(2)17(8-14(18)19)10(3)11-5-6-12(15)13(16)7-11/h5-7,9-10H,4,8H2,1-3H3,(H,18,19). The highest BCUT2D eigenvalue weighted by atomic mass is 19.2. The minimum absolute atomic E-state index is 0.0409. The molecule has 0 amide bonds. The van der Waals surface area contributed by atoms with Crippen LogP contribution >= 0.6 is 0 Å². The minimum Gasteiger partial charge on any atom is -0.480 e. The lowest BCUT2D eigenvalue weighted by Crippen LogP contribution is -2.39. The van der Waals surface area contributed by atoms with E-state index in [-0.39, 0.29) is 18.6 Å². The normalized spacial score (nSPS) is 14.4. The summed E-state index contributed by atoms with van der Waals surface area (Å²) in [6, 6.07) is 3.43. The van der Waals surface area contributed by atoms with Gasteiger partial charge in [0.15, 0.2) is 11.6 Å². The number of carbonyl (C=O) groups is 1. The van der Waals surface area contributed by atoms with Gasteiger partial charge in [0.05, 0.1) is 6.54 Å². The van der Waals surface area contributed by atoms with Crippen molar-refractivity contribution in [2.24, 2.45) is 0 Å². The van der Waals surface area contributed by atoms with Crippen molar-refractivity contribution in [1.29, 1.82) is 0 Å². The van der Waals surface area contributed by atoms with Crippen molar-refractivity contribution >= 4 is 5.97 Å². The first-order valence-electron chi connectivity index (χ1n) is 6.29. The highest BCUT2D eigenvalue weighted by molar-refractivity contribution is 5.69. The summed E-state index contributed by atoms with van der Waals surface area (Å²) in [5, 5.41) is 8.95. The van der Waals surface area contributed by atoms with Gasteiger partial charge in [-0.1, -0.05) is 13.0 Å². The number of benzene rings is 1. The highest BCUT2D eigenvalue weighted by Crippen LogP contribution is 2.24. The number of nitrogens with zero attached hydrogens (tertiary/aromatic N) is 1. The molecule has 0 radical (unpaired) electrons. The Balaban J connectivity index is 3.00. The largest absolute Gasteiger partial charge is 0.480 e. The molecule has 0 spiro atoms. The molecule has 0 fully saturated rings. The van der Waals surface area contributed by atoms with E-state index in [1.54, 1.807) is 11.8 Å². The number of aliphatic carboxylic acids is 1. The van der Waals surface area contributed by atoms with Gasteiger partial charge in [0.1, 0.15) is 0 Å². The summed E-state index contributed by atoms with van der Waals surface area (Å²) < 4.78 is 26.2. The van der Waals surface area contributed by atoms with Crippen LogP contribution in [0.5, 0.6) is 0 Å². The van der Waals surface area contributed by atoms with Crippen molar-refractivity contribution in [2.75, 3.05) is 6.54 Å². The fourth-order valence-electron chi connectivity index (χ4n) is 2.03. The van der Waals surface area contributed by atoms with Crippen LogP contribution in [0, 0.1) is 11.6 Å². The van der Waals surface area contributed by atoms with E-state index in [0.29, 0.717) is 5.56 Å². The van der Waals surface area contributed by atoms with Crippen molar-refractivity contribution in [2.45, 2.75) is 39.3 Å². The first-order valence-corrected chi connectivity index (χ1v) is 6.29. The van der Waals surface area contributed by atoms with E-state index in [1.807, 2.05) is 13.8 Å². The molecule has 3 nitrogen and oxygen atoms in total. The highest BCUT2D eigenvalue weighted by Gasteiger charge is 2.23. The summed E-state index contributed by atoms with van der Waals surface area (Å²) in [6.07, 6.45) is 0.779. The summed E-state index contributed by atoms with van der Waals surface area (Å²) in [4.78, 5) is 12.7. The lowest BCUT2D eigenvalue weighted by atomic mass is 10.0. The van der Waals surface area contributed by atoms with Crippen LogP contribution in [0.1, 0.15) is 38.8 Å². The van der Waals surface area contributed by atoms with Gasteiger partial charge in [-0.25, -0.2) is 8.78 Å². The van der Waals surface area contributed by atoms with Gasteiger partial charge in [0, 0.05) is 12.1 Å². The molecule has 1 aromatic rings. The zero-order valence-corrected chi connectivity index (χ0v) is 11.4. The third-order valence-corrected chi connectivity index (χ3v) is 3.40. The molecule has 1 aromatic carbocycles. The van der Waals surface area contributed by atoms with Gasteiger partial charge in [-0.05, 0) is 38.0 Å². The molecule has 0 aromatic heterocycles. The van der Waals surface area contributed by atoms with E-state index >= 15 is 0 Å². The van der Waals surface area contributed by atoms with E-state index < -0.39 is 17.6 Å². The van der Waals surface area contributed by atoms with Crippen LogP contribution in [0.2, 0.25) is 0 Å². The molecule has 0 bridgehead atoms. The van der Waals surface area contributed by atoms with Crippen molar-refractivity contribution in [3.8, 4) is 0 Å². The molecule has 106 valence electrons. The summed E-state index contributed by atoms with van der Waals surface area (Å²) >= 11 is 0. The lowest BCUT2D eigenvalue weighted by Gasteiger charge is -2.33. The topological polar surface area (TPSA) is 40.5 Å². The molecule has 0 aliphatic rings. The molecule has 2 unspecified atom stereocenters. The van der Waals surface area contributed by atoms with Gasteiger partial charge in [-0.3, -0.25) is 9.69 Å². The first kappa shape index (κ1) is 15.6. The van der Waals surface area contributed by atoms with Crippen molar-refractivity contribution in [3.63, 3.8) is 0 Å². The molecule has 5 heteroatoms.